The SMILES string of the molecule is O=C(c1ccccc1)[C@H]1CN(Nc2ccccc2)C(c2ccccc2)=C(CN2CCOCC2)[C@H]1c1ccccc1. The lowest BCUT2D eigenvalue weighted by Gasteiger charge is -2.44. The highest BCUT2D eigenvalue weighted by molar-refractivity contribution is 5.99. The normalized spacial score (nSPS) is 19.9. The molecule has 2 aliphatic heterocycles. The first-order chi connectivity index (χ1) is 19.8. The Kier molecular flexibility index (Phi) is 8.03. The molecular formula is C35H35N3O2. The Hall–Kier alpha value is -4.19. The summed E-state index contributed by atoms with van der Waals surface area (Å²) in [5, 5.41) is 2.21. The molecule has 1 fully saturated rings. The second kappa shape index (κ2) is 12.3. The number of morpholine rings is 1. The topological polar surface area (TPSA) is 44.8 Å². The van der Waals surface area contributed by atoms with Crippen molar-refractivity contribution in [1.82, 2.24) is 9.91 Å². The van der Waals surface area contributed by atoms with Crippen molar-refractivity contribution >= 4 is 17.2 Å². The highest BCUT2D eigenvalue weighted by Crippen LogP contribution is 2.44. The number of anilines is 1. The van der Waals surface area contributed by atoms with Gasteiger partial charge in [-0.15, -0.1) is 0 Å². The van der Waals surface area contributed by atoms with Crippen LogP contribution in [0, 0.1) is 5.92 Å². The minimum absolute atomic E-state index is 0.0687. The molecule has 2 heterocycles. The molecule has 0 aliphatic carbocycles. The van der Waals surface area contributed by atoms with Crippen LogP contribution in [0.15, 0.2) is 127 Å². The standard InChI is InChI=1S/C35H35N3O2/c39-35(29-17-9-3-10-18-29)32-26-38(36-30-19-11-4-12-20-30)34(28-15-7-2-8-16-28)31(25-37-21-23-40-24-22-37)33(32)27-13-5-1-6-14-27/h1-20,32-33,36H,21-26H2/t32-,33+/m0/s1. The number of nitrogens with one attached hydrogen (secondary N) is 1. The molecule has 0 unspecified atom stereocenters. The molecule has 4 aromatic carbocycles. The molecule has 0 saturated carbocycles. The van der Waals surface area contributed by atoms with E-state index in [4.69, 9.17) is 4.74 Å². The molecule has 0 spiro atoms. The molecule has 0 amide bonds. The monoisotopic (exact) mass is 529 g/mol. The molecule has 1 N–H and O–H groups in total. The van der Waals surface area contributed by atoms with Crippen molar-refractivity contribution in [1.29, 1.82) is 0 Å². The Morgan fingerprint density at radius 2 is 1.32 bits per heavy atom. The maximum absolute atomic E-state index is 14.4. The Balaban J connectivity index is 1.55. The molecule has 6 rings (SSSR count). The van der Waals surface area contributed by atoms with Gasteiger partial charge in [-0.25, -0.2) is 0 Å². The van der Waals surface area contributed by atoms with Gasteiger partial charge in [0, 0.05) is 31.1 Å². The van der Waals surface area contributed by atoms with E-state index in [0.717, 1.165) is 55.4 Å². The number of carbonyl (C=O) groups is 1. The summed E-state index contributed by atoms with van der Waals surface area (Å²) in [6.45, 7) is 4.50. The van der Waals surface area contributed by atoms with Gasteiger partial charge in [-0.2, -0.15) is 0 Å². The molecule has 1 saturated heterocycles. The summed E-state index contributed by atoms with van der Waals surface area (Å²) in [5.41, 5.74) is 10.1. The number of ketones is 1. The highest BCUT2D eigenvalue weighted by atomic mass is 16.5. The number of nitrogens with zero attached hydrogens (tertiary/aromatic N) is 2. The molecule has 0 aromatic heterocycles. The van der Waals surface area contributed by atoms with Crippen LogP contribution in [0.1, 0.15) is 27.4 Å². The summed E-state index contributed by atoms with van der Waals surface area (Å²) < 4.78 is 5.69. The fourth-order valence-electron chi connectivity index (χ4n) is 5.98. The van der Waals surface area contributed by atoms with E-state index in [1.807, 2.05) is 54.6 Å². The summed E-state index contributed by atoms with van der Waals surface area (Å²) in [6, 6.07) is 41.2. The van der Waals surface area contributed by atoms with Gasteiger partial charge >= 0.3 is 0 Å². The fourth-order valence-corrected chi connectivity index (χ4v) is 5.98. The van der Waals surface area contributed by atoms with Crippen LogP contribution in [0.25, 0.3) is 5.70 Å². The lowest BCUT2D eigenvalue weighted by Crippen LogP contribution is -2.47. The first kappa shape index (κ1) is 26.1. The lowest BCUT2D eigenvalue weighted by molar-refractivity contribution is 0.0407. The summed E-state index contributed by atoms with van der Waals surface area (Å²) in [4.78, 5) is 16.8. The van der Waals surface area contributed by atoms with Crippen molar-refractivity contribution in [2.24, 2.45) is 5.92 Å². The Bertz CT molecular complexity index is 1420. The second-order valence-electron chi connectivity index (χ2n) is 10.4. The average Bonchev–Trinajstić information content (AvgIpc) is 3.03. The number of hydrogen-bond acceptors (Lipinski definition) is 5. The van der Waals surface area contributed by atoms with Gasteiger partial charge in [-0.1, -0.05) is 109 Å². The third-order valence-corrected chi connectivity index (χ3v) is 7.87. The van der Waals surface area contributed by atoms with Crippen molar-refractivity contribution in [2.45, 2.75) is 5.92 Å². The van der Waals surface area contributed by atoms with E-state index in [1.54, 1.807) is 0 Å². The van der Waals surface area contributed by atoms with Crippen LogP contribution in [0.5, 0.6) is 0 Å². The van der Waals surface area contributed by atoms with E-state index in [2.05, 4.69) is 82.1 Å². The van der Waals surface area contributed by atoms with Gasteiger partial charge in [-0.05, 0) is 28.8 Å². The minimum Gasteiger partial charge on any atom is -0.379 e. The van der Waals surface area contributed by atoms with Crippen LogP contribution in [-0.4, -0.2) is 55.1 Å². The second-order valence-corrected chi connectivity index (χ2v) is 10.4. The van der Waals surface area contributed by atoms with Crippen molar-refractivity contribution in [3.05, 3.63) is 144 Å². The molecule has 202 valence electrons. The molecule has 5 heteroatoms. The molecular weight excluding hydrogens is 494 g/mol. The van der Waals surface area contributed by atoms with E-state index in [-0.39, 0.29) is 17.6 Å². The molecule has 0 radical (unpaired) electrons. The first-order valence-corrected chi connectivity index (χ1v) is 14.1. The smallest absolute Gasteiger partial charge is 0.168 e. The van der Waals surface area contributed by atoms with Gasteiger partial charge in [0.2, 0.25) is 0 Å². The summed E-state index contributed by atoms with van der Waals surface area (Å²) in [6.07, 6.45) is 0. The molecule has 2 aliphatic rings. The maximum atomic E-state index is 14.4. The highest BCUT2D eigenvalue weighted by Gasteiger charge is 2.41. The van der Waals surface area contributed by atoms with Crippen molar-refractivity contribution < 1.29 is 9.53 Å². The predicted molar refractivity (Wildman–Crippen MR) is 161 cm³/mol. The zero-order valence-corrected chi connectivity index (χ0v) is 22.7. The maximum Gasteiger partial charge on any atom is 0.168 e. The lowest BCUT2D eigenvalue weighted by atomic mass is 9.73. The van der Waals surface area contributed by atoms with Crippen LogP contribution in [-0.2, 0) is 4.74 Å². The molecule has 40 heavy (non-hydrogen) atoms. The molecule has 2 atom stereocenters. The van der Waals surface area contributed by atoms with Gasteiger partial charge in [0.05, 0.1) is 37.1 Å². The molecule has 0 bridgehead atoms. The van der Waals surface area contributed by atoms with Crippen LogP contribution >= 0.6 is 0 Å². The Labute approximate surface area is 236 Å². The van der Waals surface area contributed by atoms with Crippen molar-refractivity contribution in [3.8, 4) is 0 Å². The third-order valence-electron chi connectivity index (χ3n) is 7.87. The average molecular weight is 530 g/mol. The number of carbonyl (C=O) groups excluding carboxylic acids is 1. The number of para-hydroxylation sites is 1. The number of hydrogen-bond donors (Lipinski definition) is 1. The van der Waals surface area contributed by atoms with Crippen LogP contribution in [0.2, 0.25) is 0 Å². The van der Waals surface area contributed by atoms with Crippen LogP contribution < -0.4 is 5.43 Å². The van der Waals surface area contributed by atoms with Crippen molar-refractivity contribution in [2.75, 3.05) is 44.8 Å². The predicted octanol–water partition coefficient (Wildman–Crippen LogP) is 6.36. The zero-order chi connectivity index (χ0) is 27.1. The number of benzene rings is 4. The third kappa shape index (κ3) is 5.71. The van der Waals surface area contributed by atoms with Gasteiger partial charge in [0.15, 0.2) is 5.78 Å². The quantitative estimate of drug-likeness (QED) is 0.269. The van der Waals surface area contributed by atoms with Crippen molar-refractivity contribution in [3.63, 3.8) is 0 Å². The molecule has 5 nitrogen and oxygen atoms in total. The van der Waals surface area contributed by atoms with Gasteiger partial charge < -0.3 is 4.74 Å². The van der Waals surface area contributed by atoms with Crippen LogP contribution in [0.3, 0.4) is 0 Å². The first-order valence-electron chi connectivity index (χ1n) is 14.1. The molecule has 4 aromatic rings. The van der Waals surface area contributed by atoms with Crippen LogP contribution in [0.4, 0.5) is 5.69 Å². The van der Waals surface area contributed by atoms with Gasteiger partial charge in [0.25, 0.3) is 0 Å². The van der Waals surface area contributed by atoms with E-state index < -0.39 is 0 Å². The number of Topliss-reactive ketones (excluding diaryl/α,β-unsaturated/α-hetero) is 1. The van der Waals surface area contributed by atoms with E-state index in [9.17, 15) is 4.79 Å². The zero-order valence-electron chi connectivity index (χ0n) is 22.7. The summed E-state index contributed by atoms with van der Waals surface area (Å²) in [5.74, 6) is -0.175. The Morgan fingerprint density at radius 1 is 0.750 bits per heavy atom. The van der Waals surface area contributed by atoms with E-state index in [0.29, 0.717) is 6.54 Å². The van der Waals surface area contributed by atoms with E-state index >= 15 is 0 Å². The summed E-state index contributed by atoms with van der Waals surface area (Å²) in [7, 11) is 0. The minimum atomic E-state index is -0.274. The number of ether oxygens (including phenoxy) is 1. The number of rotatable bonds is 8. The van der Waals surface area contributed by atoms with Gasteiger partial charge in [0.1, 0.15) is 0 Å². The number of hydrazine groups is 1. The fraction of sp³-hybridized carbons (Fsp3) is 0.229. The Morgan fingerprint density at radius 3 is 1.98 bits per heavy atom. The summed E-state index contributed by atoms with van der Waals surface area (Å²) >= 11 is 0. The van der Waals surface area contributed by atoms with E-state index in [1.165, 1.54) is 11.1 Å². The van der Waals surface area contributed by atoms with Gasteiger partial charge in [-0.3, -0.25) is 20.1 Å². The largest absolute Gasteiger partial charge is 0.379 e.